The number of thiophene rings is 1. The highest BCUT2D eigenvalue weighted by Gasteiger charge is 2.32. The molecule has 0 spiro atoms. The van der Waals surface area contributed by atoms with Crippen LogP contribution in [0.5, 0.6) is 5.75 Å². The molecule has 10 heteroatoms. The van der Waals surface area contributed by atoms with Gasteiger partial charge < -0.3 is 19.3 Å². The highest BCUT2D eigenvalue weighted by Crippen LogP contribution is 2.28. The molecule has 1 aromatic carbocycles. The predicted octanol–water partition coefficient (Wildman–Crippen LogP) is 2.22. The quantitative estimate of drug-likeness (QED) is 0.602. The highest BCUT2D eigenvalue weighted by molar-refractivity contribution is 7.12. The Hall–Kier alpha value is -3.24. The van der Waals surface area contributed by atoms with E-state index in [9.17, 15) is 9.59 Å². The number of ether oxygens (including phenoxy) is 2. The molecule has 2 aliphatic rings. The van der Waals surface area contributed by atoms with Gasteiger partial charge >= 0.3 is 0 Å². The number of amides is 2. The second kappa shape index (κ2) is 8.71. The minimum Gasteiger partial charge on any atom is -0.497 e. The van der Waals surface area contributed by atoms with E-state index in [1.165, 1.54) is 11.3 Å². The molecular formula is C22H23N5O4S. The molecule has 3 aromatic rings. The van der Waals surface area contributed by atoms with E-state index >= 15 is 0 Å². The lowest BCUT2D eigenvalue weighted by atomic mass is 10.1. The minimum absolute atomic E-state index is 0.0195. The number of benzene rings is 1. The Morgan fingerprint density at radius 3 is 2.44 bits per heavy atom. The van der Waals surface area contributed by atoms with Crippen molar-refractivity contribution in [3.8, 4) is 5.75 Å². The Kier molecular flexibility index (Phi) is 5.62. The minimum atomic E-state index is -0.166. The Bertz CT molecular complexity index is 1100. The van der Waals surface area contributed by atoms with Crippen LogP contribution in [0.4, 0.5) is 0 Å². The van der Waals surface area contributed by atoms with E-state index in [2.05, 4.69) is 10.3 Å². The van der Waals surface area contributed by atoms with Crippen LogP contribution in [-0.2, 0) is 17.9 Å². The van der Waals surface area contributed by atoms with Gasteiger partial charge in [0, 0.05) is 26.2 Å². The third-order valence-corrected chi connectivity index (χ3v) is 6.73. The zero-order chi connectivity index (χ0) is 22.1. The summed E-state index contributed by atoms with van der Waals surface area (Å²) in [5.41, 5.74) is 2.04. The van der Waals surface area contributed by atoms with Gasteiger partial charge in [0.1, 0.15) is 11.9 Å². The summed E-state index contributed by atoms with van der Waals surface area (Å²) in [5.74, 6) is 0.642. The Morgan fingerprint density at radius 1 is 1.06 bits per heavy atom. The largest absolute Gasteiger partial charge is 0.497 e. The van der Waals surface area contributed by atoms with E-state index in [1.54, 1.807) is 21.6 Å². The zero-order valence-corrected chi connectivity index (χ0v) is 18.5. The van der Waals surface area contributed by atoms with Gasteiger partial charge in [0.05, 0.1) is 30.8 Å². The standard InChI is InChI=1S/C22H23N5O4S/c1-30-16-6-4-15(5-7-16)18-13-27-17(14-31-18)20(23-24-27)22(29)26-10-8-25(9-11-26)21(28)19-3-2-12-32-19/h2-7,12,18H,8-11,13-14H2,1H3. The van der Waals surface area contributed by atoms with Crippen LogP contribution in [0, 0.1) is 0 Å². The Labute approximate surface area is 189 Å². The van der Waals surface area contributed by atoms with Crippen LogP contribution in [0.25, 0.3) is 0 Å². The van der Waals surface area contributed by atoms with Crippen molar-refractivity contribution < 1.29 is 19.1 Å². The molecule has 2 aromatic heterocycles. The van der Waals surface area contributed by atoms with Gasteiger partial charge in [0.25, 0.3) is 11.8 Å². The molecule has 0 bridgehead atoms. The lowest BCUT2D eigenvalue weighted by molar-refractivity contribution is -0.00204. The average Bonchev–Trinajstić information content (AvgIpc) is 3.53. The van der Waals surface area contributed by atoms with Crippen molar-refractivity contribution >= 4 is 23.2 Å². The molecule has 32 heavy (non-hydrogen) atoms. The van der Waals surface area contributed by atoms with E-state index in [0.717, 1.165) is 16.2 Å². The maximum atomic E-state index is 13.1. The van der Waals surface area contributed by atoms with Crippen molar-refractivity contribution in [2.45, 2.75) is 19.3 Å². The third-order valence-electron chi connectivity index (χ3n) is 5.87. The van der Waals surface area contributed by atoms with Gasteiger partial charge in [-0.05, 0) is 29.1 Å². The summed E-state index contributed by atoms with van der Waals surface area (Å²) >= 11 is 1.43. The summed E-state index contributed by atoms with van der Waals surface area (Å²) in [4.78, 5) is 29.9. The number of hydrogen-bond donors (Lipinski definition) is 0. The number of rotatable bonds is 4. The maximum absolute atomic E-state index is 13.1. The number of nitrogens with zero attached hydrogens (tertiary/aromatic N) is 5. The summed E-state index contributed by atoms with van der Waals surface area (Å²) in [6, 6.07) is 11.4. The molecule has 5 rings (SSSR count). The summed E-state index contributed by atoms with van der Waals surface area (Å²) in [5, 5.41) is 10.3. The fourth-order valence-electron chi connectivity index (χ4n) is 4.02. The van der Waals surface area contributed by atoms with E-state index in [-0.39, 0.29) is 24.5 Å². The van der Waals surface area contributed by atoms with E-state index in [4.69, 9.17) is 9.47 Å². The van der Waals surface area contributed by atoms with E-state index < -0.39 is 0 Å². The molecule has 2 amide bonds. The second-order valence-corrected chi connectivity index (χ2v) is 8.65. The molecule has 1 saturated heterocycles. The Morgan fingerprint density at radius 2 is 1.78 bits per heavy atom. The molecule has 9 nitrogen and oxygen atoms in total. The molecule has 0 N–H and O–H groups in total. The number of carbonyl (C=O) groups excluding carboxylic acids is 2. The van der Waals surface area contributed by atoms with Crippen molar-refractivity contribution in [1.29, 1.82) is 0 Å². The average molecular weight is 454 g/mol. The van der Waals surface area contributed by atoms with E-state index in [0.29, 0.717) is 44.1 Å². The summed E-state index contributed by atoms with van der Waals surface area (Å²) in [7, 11) is 1.63. The molecule has 0 radical (unpaired) electrons. The van der Waals surface area contributed by atoms with Gasteiger partial charge in [0.2, 0.25) is 0 Å². The third kappa shape index (κ3) is 3.87. The monoisotopic (exact) mass is 453 g/mol. The topological polar surface area (TPSA) is 89.8 Å². The van der Waals surface area contributed by atoms with Crippen LogP contribution < -0.4 is 4.74 Å². The normalized spacial score (nSPS) is 18.3. The van der Waals surface area contributed by atoms with Gasteiger partial charge in [-0.3, -0.25) is 9.59 Å². The summed E-state index contributed by atoms with van der Waals surface area (Å²) in [6.45, 7) is 2.70. The number of carbonyl (C=O) groups is 2. The van der Waals surface area contributed by atoms with Crippen LogP contribution >= 0.6 is 11.3 Å². The van der Waals surface area contributed by atoms with Crippen LogP contribution in [-0.4, -0.2) is 69.9 Å². The predicted molar refractivity (Wildman–Crippen MR) is 117 cm³/mol. The molecule has 2 aliphatic heterocycles. The van der Waals surface area contributed by atoms with Crippen molar-refractivity contribution in [2.75, 3.05) is 33.3 Å². The zero-order valence-electron chi connectivity index (χ0n) is 17.6. The SMILES string of the molecule is COc1ccc(C2Cn3nnc(C(=O)N4CCN(C(=O)c5cccs5)CC4)c3CO2)cc1. The fraction of sp³-hybridized carbons (Fsp3) is 0.364. The lowest BCUT2D eigenvalue weighted by Gasteiger charge is -2.34. The smallest absolute Gasteiger partial charge is 0.276 e. The lowest BCUT2D eigenvalue weighted by Crippen LogP contribution is -2.50. The first-order chi connectivity index (χ1) is 15.6. The van der Waals surface area contributed by atoms with Gasteiger partial charge in [-0.25, -0.2) is 4.68 Å². The van der Waals surface area contributed by atoms with Gasteiger partial charge in [-0.1, -0.05) is 23.4 Å². The number of piperazine rings is 1. The molecular weight excluding hydrogens is 430 g/mol. The molecule has 4 heterocycles. The molecule has 1 fully saturated rings. The second-order valence-electron chi connectivity index (χ2n) is 7.70. The number of hydrogen-bond acceptors (Lipinski definition) is 7. The number of methoxy groups -OCH3 is 1. The van der Waals surface area contributed by atoms with Gasteiger partial charge in [-0.2, -0.15) is 0 Å². The van der Waals surface area contributed by atoms with Gasteiger partial charge in [0.15, 0.2) is 5.69 Å². The number of aromatic nitrogens is 3. The summed E-state index contributed by atoms with van der Waals surface area (Å²) in [6.07, 6.45) is -0.162. The van der Waals surface area contributed by atoms with Crippen LogP contribution in [0.2, 0.25) is 0 Å². The molecule has 0 saturated carbocycles. The van der Waals surface area contributed by atoms with Gasteiger partial charge in [-0.15, -0.1) is 16.4 Å². The molecule has 1 atom stereocenters. The Balaban J connectivity index is 1.23. The first-order valence-corrected chi connectivity index (χ1v) is 11.3. The van der Waals surface area contributed by atoms with Crippen molar-refractivity contribution in [1.82, 2.24) is 24.8 Å². The van der Waals surface area contributed by atoms with Crippen molar-refractivity contribution in [3.05, 3.63) is 63.6 Å². The molecule has 1 unspecified atom stereocenters. The molecule has 0 aliphatic carbocycles. The maximum Gasteiger partial charge on any atom is 0.276 e. The molecule has 166 valence electrons. The fourth-order valence-corrected chi connectivity index (χ4v) is 4.71. The highest BCUT2D eigenvalue weighted by atomic mass is 32.1. The van der Waals surface area contributed by atoms with Crippen LogP contribution in [0.1, 0.15) is 37.5 Å². The van der Waals surface area contributed by atoms with Crippen LogP contribution in [0.15, 0.2) is 41.8 Å². The summed E-state index contributed by atoms with van der Waals surface area (Å²) < 4.78 is 13.0. The van der Waals surface area contributed by atoms with Crippen molar-refractivity contribution in [3.63, 3.8) is 0 Å². The first kappa shape index (κ1) is 20.7. The van der Waals surface area contributed by atoms with Crippen LogP contribution in [0.3, 0.4) is 0 Å². The van der Waals surface area contributed by atoms with E-state index in [1.807, 2.05) is 41.8 Å². The first-order valence-electron chi connectivity index (χ1n) is 10.4. The van der Waals surface area contributed by atoms with Crippen molar-refractivity contribution in [2.24, 2.45) is 0 Å². The number of fused-ring (bicyclic) bond motifs is 1.